The van der Waals surface area contributed by atoms with E-state index in [9.17, 15) is 17.6 Å². The SMILES string of the molecule is C[C@@H](NCc1ccc(C(F)(F)F)cc1)c1cccc(F)c1. The molecule has 2 rings (SSSR count). The number of nitrogens with one attached hydrogen (secondary N) is 1. The Morgan fingerprint density at radius 3 is 2.29 bits per heavy atom. The third kappa shape index (κ3) is 4.29. The minimum atomic E-state index is -4.32. The number of halogens is 4. The van der Waals surface area contributed by atoms with E-state index in [1.165, 1.54) is 24.3 Å². The highest BCUT2D eigenvalue weighted by molar-refractivity contribution is 5.25. The van der Waals surface area contributed by atoms with Gasteiger partial charge in [0.25, 0.3) is 0 Å². The zero-order valence-corrected chi connectivity index (χ0v) is 11.4. The van der Waals surface area contributed by atoms with Crippen LogP contribution >= 0.6 is 0 Å². The summed E-state index contributed by atoms with van der Waals surface area (Å²) in [6.45, 7) is 2.29. The van der Waals surface area contributed by atoms with E-state index in [4.69, 9.17) is 0 Å². The second kappa shape index (κ2) is 6.26. The van der Waals surface area contributed by atoms with Gasteiger partial charge in [-0.1, -0.05) is 24.3 Å². The summed E-state index contributed by atoms with van der Waals surface area (Å²) < 4.78 is 50.4. The maximum Gasteiger partial charge on any atom is 0.416 e. The number of rotatable bonds is 4. The van der Waals surface area contributed by atoms with Gasteiger partial charge in [-0.15, -0.1) is 0 Å². The van der Waals surface area contributed by atoms with Crippen LogP contribution in [0.1, 0.15) is 29.7 Å². The Balaban J connectivity index is 1.97. The van der Waals surface area contributed by atoms with Crippen molar-refractivity contribution in [2.45, 2.75) is 25.7 Å². The van der Waals surface area contributed by atoms with Crippen LogP contribution in [0.2, 0.25) is 0 Å². The molecular formula is C16H15F4N. The standard InChI is InChI=1S/C16H15F4N/c1-11(13-3-2-4-15(17)9-13)21-10-12-5-7-14(8-6-12)16(18,19)20/h2-9,11,21H,10H2,1H3/t11-/m1/s1. The van der Waals surface area contributed by atoms with Crippen molar-refractivity contribution in [3.05, 3.63) is 71.0 Å². The Labute approximate surface area is 120 Å². The van der Waals surface area contributed by atoms with Gasteiger partial charge in [-0.3, -0.25) is 0 Å². The highest BCUT2D eigenvalue weighted by Crippen LogP contribution is 2.29. The number of hydrogen-bond acceptors (Lipinski definition) is 1. The van der Waals surface area contributed by atoms with Gasteiger partial charge in [0.1, 0.15) is 5.82 Å². The average molecular weight is 297 g/mol. The highest BCUT2D eigenvalue weighted by Gasteiger charge is 2.29. The fourth-order valence-electron chi connectivity index (χ4n) is 1.98. The quantitative estimate of drug-likeness (QED) is 0.807. The molecule has 2 aromatic rings. The van der Waals surface area contributed by atoms with Crippen LogP contribution < -0.4 is 5.32 Å². The van der Waals surface area contributed by atoms with E-state index < -0.39 is 11.7 Å². The van der Waals surface area contributed by atoms with E-state index in [0.29, 0.717) is 6.54 Å². The molecule has 1 N–H and O–H groups in total. The summed E-state index contributed by atoms with van der Waals surface area (Å²) in [5.41, 5.74) is 0.873. The summed E-state index contributed by atoms with van der Waals surface area (Å²) in [6, 6.07) is 11.1. The molecule has 0 heterocycles. The highest BCUT2D eigenvalue weighted by atomic mass is 19.4. The van der Waals surface area contributed by atoms with Gasteiger partial charge < -0.3 is 5.32 Å². The molecule has 112 valence electrons. The number of hydrogen-bond donors (Lipinski definition) is 1. The minimum Gasteiger partial charge on any atom is -0.306 e. The van der Waals surface area contributed by atoms with Gasteiger partial charge in [-0.2, -0.15) is 13.2 Å². The van der Waals surface area contributed by atoms with Crippen LogP contribution in [-0.2, 0) is 12.7 Å². The minimum absolute atomic E-state index is 0.0945. The van der Waals surface area contributed by atoms with Gasteiger partial charge in [0.2, 0.25) is 0 Å². The predicted octanol–water partition coefficient (Wildman–Crippen LogP) is 4.70. The van der Waals surface area contributed by atoms with Crippen molar-refractivity contribution in [3.8, 4) is 0 Å². The summed E-state index contributed by atoms with van der Waals surface area (Å²) in [5, 5.41) is 3.15. The Morgan fingerprint density at radius 2 is 1.71 bits per heavy atom. The van der Waals surface area contributed by atoms with Crippen LogP contribution in [0, 0.1) is 5.82 Å². The molecule has 0 spiro atoms. The van der Waals surface area contributed by atoms with Gasteiger partial charge in [-0.05, 0) is 42.3 Å². The molecule has 0 saturated heterocycles. The Morgan fingerprint density at radius 1 is 1.05 bits per heavy atom. The molecule has 0 unspecified atom stereocenters. The van der Waals surface area contributed by atoms with Crippen molar-refractivity contribution >= 4 is 0 Å². The molecule has 0 saturated carbocycles. The van der Waals surface area contributed by atoms with Crippen molar-refractivity contribution in [1.29, 1.82) is 0 Å². The van der Waals surface area contributed by atoms with Gasteiger partial charge >= 0.3 is 6.18 Å². The largest absolute Gasteiger partial charge is 0.416 e. The Hall–Kier alpha value is -1.88. The van der Waals surface area contributed by atoms with Crippen LogP contribution in [0.3, 0.4) is 0 Å². The lowest BCUT2D eigenvalue weighted by atomic mass is 10.1. The average Bonchev–Trinajstić information content (AvgIpc) is 2.44. The molecule has 21 heavy (non-hydrogen) atoms. The summed E-state index contributed by atoms with van der Waals surface area (Å²) in [4.78, 5) is 0. The Kier molecular flexibility index (Phi) is 4.63. The molecule has 0 aliphatic rings. The van der Waals surface area contributed by atoms with Crippen molar-refractivity contribution in [2.24, 2.45) is 0 Å². The zero-order chi connectivity index (χ0) is 15.5. The van der Waals surface area contributed by atoms with Crippen molar-refractivity contribution in [1.82, 2.24) is 5.32 Å². The molecule has 2 aromatic carbocycles. The monoisotopic (exact) mass is 297 g/mol. The normalized spacial score (nSPS) is 13.2. The smallest absolute Gasteiger partial charge is 0.306 e. The molecule has 1 nitrogen and oxygen atoms in total. The summed E-state index contributed by atoms with van der Waals surface area (Å²) in [6.07, 6.45) is -4.32. The lowest BCUT2D eigenvalue weighted by molar-refractivity contribution is -0.137. The lowest BCUT2D eigenvalue weighted by Crippen LogP contribution is -2.18. The van der Waals surface area contributed by atoms with E-state index in [1.807, 2.05) is 6.92 Å². The maximum atomic E-state index is 13.1. The van der Waals surface area contributed by atoms with Crippen LogP contribution in [0.15, 0.2) is 48.5 Å². The first kappa shape index (κ1) is 15.5. The van der Waals surface area contributed by atoms with Gasteiger partial charge in [0, 0.05) is 12.6 Å². The first-order valence-electron chi connectivity index (χ1n) is 6.51. The number of benzene rings is 2. The maximum absolute atomic E-state index is 13.1. The number of alkyl halides is 3. The Bertz CT molecular complexity index is 590. The zero-order valence-electron chi connectivity index (χ0n) is 11.4. The first-order chi connectivity index (χ1) is 9.86. The molecule has 0 aliphatic heterocycles. The third-order valence-corrected chi connectivity index (χ3v) is 3.24. The van der Waals surface area contributed by atoms with Crippen LogP contribution in [0.5, 0.6) is 0 Å². The lowest BCUT2D eigenvalue weighted by Gasteiger charge is -2.15. The van der Waals surface area contributed by atoms with E-state index in [2.05, 4.69) is 5.32 Å². The van der Waals surface area contributed by atoms with Crippen LogP contribution in [-0.4, -0.2) is 0 Å². The second-order valence-corrected chi connectivity index (χ2v) is 4.85. The molecule has 0 radical (unpaired) electrons. The van der Waals surface area contributed by atoms with Crippen LogP contribution in [0.25, 0.3) is 0 Å². The van der Waals surface area contributed by atoms with Crippen LogP contribution in [0.4, 0.5) is 17.6 Å². The molecular weight excluding hydrogens is 282 g/mol. The fraction of sp³-hybridized carbons (Fsp3) is 0.250. The summed E-state index contributed by atoms with van der Waals surface area (Å²) in [5.74, 6) is -0.310. The summed E-state index contributed by atoms with van der Waals surface area (Å²) >= 11 is 0. The van der Waals surface area contributed by atoms with Crippen molar-refractivity contribution in [2.75, 3.05) is 0 Å². The van der Waals surface area contributed by atoms with Gasteiger partial charge in [0.15, 0.2) is 0 Å². The first-order valence-corrected chi connectivity index (χ1v) is 6.51. The van der Waals surface area contributed by atoms with Crippen molar-refractivity contribution < 1.29 is 17.6 Å². The van der Waals surface area contributed by atoms with E-state index >= 15 is 0 Å². The summed E-state index contributed by atoms with van der Waals surface area (Å²) in [7, 11) is 0. The fourth-order valence-corrected chi connectivity index (χ4v) is 1.98. The molecule has 0 aromatic heterocycles. The molecule has 0 aliphatic carbocycles. The predicted molar refractivity (Wildman–Crippen MR) is 73.1 cm³/mol. The van der Waals surface area contributed by atoms with Gasteiger partial charge in [-0.25, -0.2) is 4.39 Å². The van der Waals surface area contributed by atoms with E-state index in [0.717, 1.165) is 23.3 Å². The molecule has 0 fully saturated rings. The topological polar surface area (TPSA) is 12.0 Å². The van der Waals surface area contributed by atoms with E-state index in [-0.39, 0.29) is 11.9 Å². The van der Waals surface area contributed by atoms with E-state index in [1.54, 1.807) is 12.1 Å². The molecule has 0 bridgehead atoms. The van der Waals surface area contributed by atoms with Crippen molar-refractivity contribution in [3.63, 3.8) is 0 Å². The van der Waals surface area contributed by atoms with Gasteiger partial charge in [0.05, 0.1) is 5.56 Å². The third-order valence-electron chi connectivity index (χ3n) is 3.24. The second-order valence-electron chi connectivity index (χ2n) is 4.85. The molecule has 0 amide bonds. The molecule has 1 atom stereocenters. The molecule has 5 heteroatoms.